The van der Waals surface area contributed by atoms with Crippen LogP contribution in [0.4, 0.5) is 0 Å². The number of halogens is 1. The Labute approximate surface area is 355 Å². The molecule has 0 spiro atoms. The largest absolute Gasteiger partial charge is 0.494 e. The van der Waals surface area contributed by atoms with Crippen molar-refractivity contribution in [1.82, 2.24) is 0 Å². The molecule has 0 fully saturated rings. The molecule has 0 N–H and O–H groups in total. The van der Waals surface area contributed by atoms with Crippen molar-refractivity contribution < 1.29 is 28.5 Å². The van der Waals surface area contributed by atoms with E-state index < -0.39 is 11.9 Å². The fourth-order valence-electron chi connectivity index (χ4n) is 6.61. The monoisotopic (exact) mass is 812 g/mol. The number of hydrogen-bond acceptors (Lipinski definition) is 6. The van der Waals surface area contributed by atoms with Crippen molar-refractivity contribution >= 4 is 23.5 Å². The van der Waals surface area contributed by atoms with E-state index in [-0.39, 0.29) is 16.5 Å². The van der Waals surface area contributed by atoms with Crippen LogP contribution in [0.5, 0.6) is 23.0 Å². The fraction of sp³-hybridized carbons (Fsp3) is 0.308. The van der Waals surface area contributed by atoms with Gasteiger partial charge < -0.3 is 18.9 Å². The predicted molar refractivity (Wildman–Crippen MR) is 241 cm³/mol. The van der Waals surface area contributed by atoms with Crippen LogP contribution in [-0.2, 0) is 0 Å². The molecule has 0 bridgehead atoms. The second-order valence-corrected chi connectivity index (χ2v) is 15.1. The van der Waals surface area contributed by atoms with Crippen LogP contribution in [0.15, 0.2) is 141 Å². The third-order valence-electron chi connectivity index (χ3n) is 10.1. The Hall–Kier alpha value is -5.59. The quantitative estimate of drug-likeness (QED) is 0.0240. The van der Waals surface area contributed by atoms with Crippen LogP contribution >= 0.6 is 11.6 Å². The molecule has 0 unspecified atom stereocenters. The lowest BCUT2D eigenvalue weighted by atomic mass is 10.0. The molecule has 0 aliphatic rings. The molecule has 0 saturated carbocycles. The van der Waals surface area contributed by atoms with E-state index in [9.17, 15) is 9.59 Å². The minimum atomic E-state index is -0.585. The molecule has 0 heterocycles. The van der Waals surface area contributed by atoms with Crippen LogP contribution < -0.4 is 18.9 Å². The Kier molecular flexibility index (Phi) is 18.9. The van der Waals surface area contributed by atoms with Crippen LogP contribution in [0.3, 0.4) is 0 Å². The molecule has 59 heavy (non-hydrogen) atoms. The third-order valence-corrected chi connectivity index (χ3v) is 10.4. The second-order valence-electron chi connectivity index (χ2n) is 14.7. The lowest BCUT2D eigenvalue weighted by Crippen LogP contribution is -2.10. The van der Waals surface area contributed by atoms with Crippen LogP contribution in [0.1, 0.15) is 111 Å². The highest BCUT2D eigenvalue weighted by molar-refractivity contribution is 6.32. The van der Waals surface area contributed by atoms with Crippen LogP contribution in [0.25, 0.3) is 22.3 Å². The zero-order valence-electron chi connectivity index (χ0n) is 34.2. The first-order valence-corrected chi connectivity index (χ1v) is 21.4. The SMILES string of the molecule is C=CCCCCCCCCOc1ccc(-c2ccc(C(=O)Oc3ccc(Cl)c(OC(=O)c4ccc(-c5ccc(OCCCCCCCCC=C)cc5)cc4)c3)cc2)cc1. The lowest BCUT2D eigenvalue weighted by molar-refractivity contribution is 0.0733. The zero-order chi connectivity index (χ0) is 41.5. The molecule has 0 aliphatic carbocycles. The van der Waals surface area contributed by atoms with Gasteiger partial charge in [0.1, 0.15) is 17.2 Å². The molecule has 6 nitrogen and oxygen atoms in total. The Morgan fingerprint density at radius 1 is 0.441 bits per heavy atom. The Morgan fingerprint density at radius 3 is 1.22 bits per heavy atom. The van der Waals surface area contributed by atoms with Crippen LogP contribution in [0.2, 0.25) is 5.02 Å². The third kappa shape index (κ3) is 15.3. The van der Waals surface area contributed by atoms with E-state index in [1.165, 1.54) is 76.3 Å². The molecule has 308 valence electrons. The summed E-state index contributed by atoms with van der Waals surface area (Å²) < 4.78 is 23.1. The first kappa shape index (κ1) is 44.5. The average Bonchev–Trinajstić information content (AvgIpc) is 3.27. The van der Waals surface area contributed by atoms with Gasteiger partial charge in [0, 0.05) is 6.07 Å². The summed E-state index contributed by atoms with van der Waals surface area (Å²) in [6.45, 7) is 8.97. The normalized spacial score (nSPS) is 10.8. The minimum absolute atomic E-state index is 0.0860. The predicted octanol–water partition coefficient (Wildman–Crippen LogP) is 14.7. The van der Waals surface area contributed by atoms with Crippen molar-refractivity contribution in [2.75, 3.05) is 13.2 Å². The summed E-state index contributed by atoms with van der Waals surface area (Å²) >= 11 is 6.38. The highest BCUT2D eigenvalue weighted by atomic mass is 35.5. The van der Waals surface area contributed by atoms with Gasteiger partial charge in [-0.2, -0.15) is 0 Å². The summed E-state index contributed by atoms with van der Waals surface area (Å²) in [5.74, 6) is 0.835. The van der Waals surface area contributed by atoms with Gasteiger partial charge in [-0.15, -0.1) is 13.2 Å². The lowest BCUT2D eigenvalue weighted by Gasteiger charge is -2.11. The van der Waals surface area contributed by atoms with Gasteiger partial charge in [-0.3, -0.25) is 0 Å². The number of benzene rings is 5. The van der Waals surface area contributed by atoms with Crippen molar-refractivity contribution in [2.45, 2.75) is 89.9 Å². The standard InChI is InChI=1S/C52H57ClO6/c1-3-5-7-9-11-13-15-17-37-56-46-31-27-42(28-32-46)40-19-23-44(24-20-40)51(54)58-48-35-36-49(53)50(39-48)59-52(55)45-25-21-41(22-26-45)43-29-33-47(34-30-43)57-38-18-16-14-12-10-8-6-4-2/h3-4,19-36,39H,1-2,5-18,37-38H2. The molecule has 0 radical (unpaired) electrons. The van der Waals surface area contributed by atoms with E-state index in [2.05, 4.69) is 13.2 Å². The molecule has 7 heteroatoms. The Balaban J connectivity index is 1.05. The molecule has 5 aromatic carbocycles. The molecule has 0 atom stereocenters. The zero-order valence-corrected chi connectivity index (χ0v) is 34.9. The number of allylic oxidation sites excluding steroid dienone is 2. The molecule has 5 rings (SSSR count). The first-order chi connectivity index (χ1) is 28.9. The molecule has 0 saturated heterocycles. The summed E-state index contributed by atoms with van der Waals surface area (Å²) in [6.07, 6.45) is 20.6. The van der Waals surface area contributed by atoms with E-state index in [1.807, 2.05) is 84.9 Å². The van der Waals surface area contributed by atoms with Gasteiger partial charge in [-0.1, -0.05) is 124 Å². The highest BCUT2D eigenvalue weighted by Gasteiger charge is 2.15. The topological polar surface area (TPSA) is 71.1 Å². The molecule has 5 aromatic rings. The van der Waals surface area contributed by atoms with Crippen LogP contribution in [-0.4, -0.2) is 25.2 Å². The Bertz CT molecular complexity index is 2040. The number of ether oxygens (including phenoxy) is 4. The highest BCUT2D eigenvalue weighted by Crippen LogP contribution is 2.31. The van der Waals surface area contributed by atoms with Crippen LogP contribution in [0, 0.1) is 0 Å². The number of carbonyl (C=O) groups is 2. The van der Waals surface area contributed by atoms with Crippen molar-refractivity contribution in [1.29, 1.82) is 0 Å². The molecular formula is C52H57ClO6. The van der Waals surface area contributed by atoms with Crippen molar-refractivity contribution in [3.63, 3.8) is 0 Å². The van der Waals surface area contributed by atoms with E-state index in [4.69, 9.17) is 30.5 Å². The van der Waals surface area contributed by atoms with Gasteiger partial charge in [0.25, 0.3) is 0 Å². The number of esters is 2. The van der Waals surface area contributed by atoms with Gasteiger partial charge in [-0.05, 0) is 121 Å². The van der Waals surface area contributed by atoms with Gasteiger partial charge in [0.05, 0.1) is 29.4 Å². The van der Waals surface area contributed by atoms with E-state index in [0.29, 0.717) is 24.3 Å². The second kappa shape index (κ2) is 25.0. The summed E-state index contributed by atoms with van der Waals surface area (Å²) in [5.41, 5.74) is 4.66. The van der Waals surface area contributed by atoms with E-state index in [0.717, 1.165) is 59.4 Å². The van der Waals surface area contributed by atoms with Gasteiger partial charge in [0.15, 0.2) is 5.75 Å². The number of hydrogen-bond donors (Lipinski definition) is 0. The maximum atomic E-state index is 13.1. The molecule has 0 aromatic heterocycles. The van der Waals surface area contributed by atoms with Crippen molar-refractivity contribution in [2.24, 2.45) is 0 Å². The molecule has 0 amide bonds. The summed E-state index contributed by atoms with van der Waals surface area (Å²) in [7, 11) is 0. The van der Waals surface area contributed by atoms with Crippen molar-refractivity contribution in [3.05, 3.63) is 157 Å². The summed E-state index contributed by atoms with van der Waals surface area (Å²) in [6, 6.07) is 34.8. The summed E-state index contributed by atoms with van der Waals surface area (Å²) in [5, 5.41) is 0.211. The molecule has 0 aliphatic heterocycles. The smallest absolute Gasteiger partial charge is 0.343 e. The number of carbonyl (C=O) groups excluding carboxylic acids is 2. The Morgan fingerprint density at radius 2 is 0.797 bits per heavy atom. The number of rotatable bonds is 26. The minimum Gasteiger partial charge on any atom is -0.494 e. The fourth-order valence-corrected chi connectivity index (χ4v) is 6.77. The van der Waals surface area contributed by atoms with Gasteiger partial charge in [0.2, 0.25) is 0 Å². The van der Waals surface area contributed by atoms with Gasteiger partial charge in [-0.25, -0.2) is 9.59 Å². The maximum absolute atomic E-state index is 13.1. The van der Waals surface area contributed by atoms with E-state index >= 15 is 0 Å². The molecular weight excluding hydrogens is 756 g/mol. The first-order valence-electron chi connectivity index (χ1n) is 21.1. The maximum Gasteiger partial charge on any atom is 0.343 e. The van der Waals surface area contributed by atoms with Crippen molar-refractivity contribution in [3.8, 4) is 45.3 Å². The average molecular weight is 813 g/mol. The summed E-state index contributed by atoms with van der Waals surface area (Å²) in [4.78, 5) is 26.2. The van der Waals surface area contributed by atoms with Gasteiger partial charge >= 0.3 is 11.9 Å². The van der Waals surface area contributed by atoms with E-state index in [1.54, 1.807) is 30.3 Å². The number of unbranched alkanes of at least 4 members (excludes halogenated alkanes) is 12.